The molecule has 1 amide bonds. The van der Waals surface area contributed by atoms with Crippen LogP contribution in [0.25, 0.3) is 33.1 Å². The smallest absolute Gasteiger partial charge is 0.256 e. The van der Waals surface area contributed by atoms with Gasteiger partial charge in [-0.3, -0.25) is 4.79 Å². The number of aromatic nitrogens is 2. The normalized spacial score (nSPS) is 11.1. The number of carbonyl (C=O) groups is 1. The Kier molecular flexibility index (Phi) is 5.48. The Balaban J connectivity index is 1.66. The van der Waals surface area contributed by atoms with E-state index in [-0.39, 0.29) is 5.91 Å². The maximum absolute atomic E-state index is 12.9. The number of hydrogen-bond donors (Lipinski definition) is 1. The number of halogens is 1. The average Bonchev–Trinajstić information content (AvgIpc) is 3.15. The standard InChI is InChI=1S/C27H22ClN3O2/c1-31-23-6-4-3-5-21(23)22-15-24(30-27(32)19-9-7-17(16-28)8-10-19)29-25(26(22)31)18-11-13-20(33-2)14-12-18/h3-15H,16H2,1-2H3,(H,29,30,32). The van der Waals surface area contributed by atoms with Crippen LogP contribution in [0.3, 0.4) is 0 Å². The number of hydrogen-bond acceptors (Lipinski definition) is 3. The number of ether oxygens (including phenoxy) is 1. The molecule has 5 nitrogen and oxygen atoms in total. The van der Waals surface area contributed by atoms with Crippen LogP contribution in [0.5, 0.6) is 5.75 Å². The van der Waals surface area contributed by atoms with Gasteiger partial charge >= 0.3 is 0 Å². The highest BCUT2D eigenvalue weighted by molar-refractivity contribution is 6.17. The molecule has 0 aliphatic heterocycles. The van der Waals surface area contributed by atoms with E-state index in [1.54, 1.807) is 19.2 Å². The molecule has 0 saturated carbocycles. The second kappa shape index (κ2) is 8.60. The molecule has 0 spiro atoms. The zero-order chi connectivity index (χ0) is 22.9. The molecule has 0 bridgehead atoms. The van der Waals surface area contributed by atoms with Gasteiger partial charge in [0.2, 0.25) is 0 Å². The van der Waals surface area contributed by atoms with Crippen molar-refractivity contribution in [2.45, 2.75) is 5.88 Å². The van der Waals surface area contributed by atoms with E-state index in [0.29, 0.717) is 17.3 Å². The zero-order valence-corrected chi connectivity index (χ0v) is 19.1. The van der Waals surface area contributed by atoms with Gasteiger partial charge in [-0.1, -0.05) is 30.3 Å². The Morgan fingerprint density at radius 2 is 1.73 bits per heavy atom. The minimum absolute atomic E-state index is 0.219. The molecule has 1 N–H and O–H groups in total. The van der Waals surface area contributed by atoms with E-state index in [0.717, 1.165) is 44.4 Å². The van der Waals surface area contributed by atoms with Crippen molar-refractivity contribution in [2.75, 3.05) is 12.4 Å². The highest BCUT2D eigenvalue weighted by atomic mass is 35.5. The van der Waals surface area contributed by atoms with Gasteiger partial charge in [0.05, 0.1) is 18.3 Å². The number of carbonyl (C=O) groups excluding carboxylic acids is 1. The Hall–Kier alpha value is -3.83. The Labute approximate surface area is 196 Å². The molecular formula is C27H22ClN3O2. The molecule has 0 radical (unpaired) electrons. The van der Waals surface area contributed by atoms with Crippen molar-refractivity contribution >= 4 is 45.1 Å². The van der Waals surface area contributed by atoms with Crippen LogP contribution in [0.4, 0.5) is 5.82 Å². The van der Waals surface area contributed by atoms with E-state index >= 15 is 0 Å². The van der Waals surface area contributed by atoms with E-state index in [1.807, 2.05) is 61.6 Å². The summed E-state index contributed by atoms with van der Waals surface area (Å²) in [7, 11) is 3.68. The first kappa shape index (κ1) is 21.0. The zero-order valence-electron chi connectivity index (χ0n) is 18.3. The largest absolute Gasteiger partial charge is 0.497 e. The van der Waals surface area contributed by atoms with Crippen LogP contribution >= 0.6 is 11.6 Å². The monoisotopic (exact) mass is 455 g/mol. The average molecular weight is 456 g/mol. The van der Waals surface area contributed by atoms with Crippen LogP contribution in [0, 0.1) is 0 Å². The molecule has 33 heavy (non-hydrogen) atoms. The quantitative estimate of drug-likeness (QED) is 0.312. The van der Waals surface area contributed by atoms with Gasteiger partial charge in [0, 0.05) is 40.3 Å². The van der Waals surface area contributed by atoms with Crippen molar-refractivity contribution in [3.05, 3.63) is 90.0 Å². The molecule has 5 rings (SSSR count). The first-order valence-electron chi connectivity index (χ1n) is 10.6. The lowest BCUT2D eigenvalue weighted by Crippen LogP contribution is -2.13. The van der Waals surface area contributed by atoms with Crippen molar-refractivity contribution in [1.82, 2.24) is 9.55 Å². The van der Waals surface area contributed by atoms with Crippen molar-refractivity contribution < 1.29 is 9.53 Å². The molecule has 0 unspecified atom stereocenters. The summed E-state index contributed by atoms with van der Waals surface area (Å²) < 4.78 is 7.46. The summed E-state index contributed by atoms with van der Waals surface area (Å²) >= 11 is 5.87. The number of alkyl halides is 1. The van der Waals surface area contributed by atoms with E-state index in [2.05, 4.69) is 22.0 Å². The van der Waals surface area contributed by atoms with Crippen molar-refractivity contribution in [2.24, 2.45) is 7.05 Å². The lowest BCUT2D eigenvalue weighted by Gasteiger charge is -2.11. The molecule has 2 aromatic heterocycles. The summed E-state index contributed by atoms with van der Waals surface area (Å²) in [5, 5.41) is 5.11. The third-order valence-corrected chi connectivity index (χ3v) is 6.17. The maximum atomic E-state index is 12.9. The highest BCUT2D eigenvalue weighted by Gasteiger charge is 2.17. The second-order valence-electron chi connectivity index (χ2n) is 7.84. The Morgan fingerprint density at radius 3 is 2.42 bits per heavy atom. The first-order valence-corrected chi connectivity index (χ1v) is 11.1. The maximum Gasteiger partial charge on any atom is 0.256 e. The number of para-hydroxylation sites is 1. The summed E-state index contributed by atoms with van der Waals surface area (Å²) in [6, 6.07) is 25.2. The van der Waals surface area contributed by atoms with Gasteiger partial charge in [-0.15, -0.1) is 11.6 Å². The topological polar surface area (TPSA) is 56.1 Å². The minimum Gasteiger partial charge on any atom is -0.497 e. The summed E-state index contributed by atoms with van der Waals surface area (Å²) in [6.07, 6.45) is 0. The third-order valence-electron chi connectivity index (χ3n) is 5.86. The molecule has 0 aliphatic carbocycles. The van der Waals surface area contributed by atoms with Gasteiger partial charge in [0.15, 0.2) is 0 Å². The van der Waals surface area contributed by atoms with Crippen LogP contribution < -0.4 is 10.1 Å². The number of rotatable bonds is 5. The minimum atomic E-state index is -0.219. The predicted molar refractivity (Wildman–Crippen MR) is 134 cm³/mol. The number of benzene rings is 3. The number of fused-ring (bicyclic) bond motifs is 3. The van der Waals surface area contributed by atoms with Crippen LogP contribution in [0.15, 0.2) is 78.9 Å². The number of pyridine rings is 1. The highest BCUT2D eigenvalue weighted by Crippen LogP contribution is 2.36. The molecule has 164 valence electrons. The van der Waals surface area contributed by atoms with Gasteiger partial charge in [-0.05, 0) is 54.1 Å². The molecule has 0 fully saturated rings. The van der Waals surface area contributed by atoms with Gasteiger partial charge in [0.1, 0.15) is 11.6 Å². The summed E-state index contributed by atoms with van der Waals surface area (Å²) in [5.41, 5.74) is 5.35. The van der Waals surface area contributed by atoms with Crippen LogP contribution in [0.2, 0.25) is 0 Å². The lowest BCUT2D eigenvalue weighted by atomic mass is 10.1. The molecule has 2 heterocycles. The molecular weight excluding hydrogens is 434 g/mol. The second-order valence-corrected chi connectivity index (χ2v) is 8.11. The summed E-state index contributed by atoms with van der Waals surface area (Å²) in [6.45, 7) is 0. The van der Waals surface area contributed by atoms with Crippen LogP contribution in [-0.4, -0.2) is 22.6 Å². The summed E-state index contributed by atoms with van der Waals surface area (Å²) in [5.74, 6) is 1.46. The number of aryl methyl sites for hydroxylation is 1. The SMILES string of the molecule is COc1ccc(-c2nc(NC(=O)c3ccc(CCl)cc3)cc3c4ccccc4n(C)c23)cc1. The summed E-state index contributed by atoms with van der Waals surface area (Å²) in [4.78, 5) is 17.8. The van der Waals surface area contributed by atoms with E-state index < -0.39 is 0 Å². The molecule has 0 aliphatic rings. The molecule has 6 heteroatoms. The van der Waals surface area contributed by atoms with Crippen molar-refractivity contribution in [3.63, 3.8) is 0 Å². The van der Waals surface area contributed by atoms with E-state index in [4.69, 9.17) is 21.3 Å². The van der Waals surface area contributed by atoms with Gasteiger partial charge in [0.25, 0.3) is 5.91 Å². The fourth-order valence-corrected chi connectivity index (χ4v) is 4.32. The van der Waals surface area contributed by atoms with Crippen molar-refractivity contribution in [3.8, 4) is 17.0 Å². The van der Waals surface area contributed by atoms with Gasteiger partial charge in [-0.25, -0.2) is 4.98 Å². The van der Waals surface area contributed by atoms with Gasteiger partial charge < -0.3 is 14.6 Å². The fourth-order valence-electron chi connectivity index (χ4n) is 4.15. The van der Waals surface area contributed by atoms with Crippen molar-refractivity contribution in [1.29, 1.82) is 0 Å². The number of nitrogens with zero attached hydrogens (tertiary/aromatic N) is 2. The van der Waals surface area contributed by atoms with E-state index in [1.165, 1.54) is 0 Å². The van der Waals surface area contributed by atoms with Gasteiger partial charge in [-0.2, -0.15) is 0 Å². The number of methoxy groups -OCH3 is 1. The van der Waals surface area contributed by atoms with Crippen LogP contribution in [-0.2, 0) is 12.9 Å². The number of nitrogens with one attached hydrogen (secondary N) is 1. The molecule has 0 atom stereocenters. The molecule has 0 saturated heterocycles. The molecule has 5 aromatic rings. The molecule has 3 aromatic carbocycles. The van der Waals surface area contributed by atoms with Crippen LogP contribution in [0.1, 0.15) is 15.9 Å². The Morgan fingerprint density at radius 1 is 1.00 bits per heavy atom. The number of amides is 1. The van der Waals surface area contributed by atoms with E-state index in [9.17, 15) is 4.79 Å². The predicted octanol–water partition coefficient (Wildman–Crippen LogP) is 6.39. The number of anilines is 1. The first-order chi connectivity index (χ1) is 16.1. The lowest BCUT2D eigenvalue weighted by molar-refractivity contribution is 0.102. The Bertz CT molecular complexity index is 1470. The fraction of sp³-hybridized carbons (Fsp3) is 0.111. The third kappa shape index (κ3) is 3.81.